The normalized spacial score (nSPS) is 61.7. The van der Waals surface area contributed by atoms with E-state index in [1.165, 1.54) is 0 Å². The highest BCUT2D eigenvalue weighted by Crippen LogP contribution is 2.77. The molecule has 0 aromatic carbocycles. The molecular formula is C14H20O3. The third-order valence-electron chi connectivity index (χ3n) is 5.92. The summed E-state index contributed by atoms with van der Waals surface area (Å²) in [5.74, 6) is 3.11. The minimum Gasteiger partial charge on any atom is -0.381 e. The van der Waals surface area contributed by atoms with Crippen molar-refractivity contribution >= 4 is 0 Å². The minimum absolute atomic E-state index is 0.114. The van der Waals surface area contributed by atoms with Crippen molar-refractivity contribution in [1.82, 2.24) is 0 Å². The first kappa shape index (κ1) is 10.5. The van der Waals surface area contributed by atoms with E-state index in [1.54, 1.807) is 0 Å². The van der Waals surface area contributed by atoms with Crippen molar-refractivity contribution in [3.8, 4) is 0 Å². The van der Waals surface area contributed by atoms with Crippen LogP contribution in [0.4, 0.5) is 0 Å². The minimum atomic E-state index is 0.114. The molecule has 0 aromatic rings. The van der Waals surface area contributed by atoms with E-state index in [2.05, 4.69) is 12.2 Å². The number of rotatable bonds is 3. The lowest BCUT2D eigenvalue weighted by atomic mass is 9.85. The zero-order valence-electron chi connectivity index (χ0n) is 10.6. The average Bonchev–Trinajstić information content (AvgIpc) is 2.64. The topological polar surface area (TPSA) is 27.7 Å². The van der Waals surface area contributed by atoms with Gasteiger partial charge in [0.15, 0.2) is 0 Å². The van der Waals surface area contributed by atoms with E-state index in [9.17, 15) is 0 Å². The molecule has 0 N–H and O–H groups in total. The summed E-state index contributed by atoms with van der Waals surface area (Å²) in [5, 5.41) is 0. The monoisotopic (exact) mass is 236 g/mol. The van der Waals surface area contributed by atoms with E-state index in [4.69, 9.17) is 14.2 Å². The summed E-state index contributed by atoms with van der Waals surface area (Å²) in [4.78, 5) is 0. The molecule has 4 aliphatic rings. The third kappa shape index (κ3) is 0.937. The molecule has 3 heteroatoms. The van der Waals surface area contributed by atoms with Crippen LogP contribution in [0.25, 0.3) is 0 Å². The van der Waals surface area contributed by atoms with Gasteiger partial charge in [-0.3, -0.25) is 0 Å². The zero-order valence-corrected chi connectivity index (χ0v) is 10.6. The van der Waals surface area contributed by atoms with Crippen molar-refractivity contribution in [2.24, 2.45) is 29.6 Å². The van der Waals surface area contributed by atoms with Crippen LogP contribution in [-0.2, 0) is 14.2 Å². The predicted molar refractivity (Wildman–Crippen MR) is 62.5 cm³/mol. The van der Waals surface area contributed by atoms with Gasteiger partial charge in [0.1, 0.15) is 0 Å². The standard InChI is InChI=1S/C14H20O3/c1-15-9-6-10(16-2)12-11(9)7-4-5-8-13(12)14(7,8)17-3/h4-5,7-13H,6H2,1-3H3/t7-,8+,9-,10+,11-,12+,13+,14+/m1/s1. The molecule has 0 radical (unpaired) electrons. The third-order valence-corrected chi connectivity index (χ3v) is 5.92. The van der Waals surface area contributed by atoms with Gasteiger partial charge < -0.3 is 14.2 Å². The number of fused-ring (bicyclic) bond motifs is 4. The fraction of sp³-hybridized carbons (Fsp3) is 0.857. The summed E-state index contributed by atoms with van der Waals surface area (Å²) in [6, 6.07) is 0. The molecule has 4 rings (SSSR count). The SMILES string of the molecule is CO[C@H]1C[C@@H](OC)[C@@H]2[C@H]1[C@@H]1[C@@H]3C=C[C@H]2[C@@]13OC. The molecule has 8 atom stereocenters. The largest absolute Gasteiger partial charge is 0.381 e. The Labute approximate surface area is 102 Å². The Hall–Kier alpha value is -0.380. The van der Waals surface area contributed by atoms with Gasteiger partial charge in [0.25, 0.3) is 0 Å². The molecule has 0 heterocycles. The smallest absolute Gasteiger partial charge is 0.0849 e. The van der Waals surface area contributed by atoms with Gasteiger partial charge in [0.05, 0.1) is 17.8 Å². The van der Waals surface area contributed by atoms with E-state index in [-0.39, 0.29) is 5.60 Å². The summed E-state index contributed by atoms with van der Waals surface area (Å²) in [5.41, 5.74) is 0.114. The van der Waals surface area contributed by atoms with Gasteiger partial charge in [-0.2, -0.15) is 0 Å². The van der Waals surface area contributed by atoms with Crippen LogP contribution in [0.3, 0.4) is 0 Å². The van der Waals surface area contributed by atoms with Crippen molar-refractivity contribution in [2.75, 3.05) is 21.3 Å². The van der Waals surface area contributed by atoms with Crippen molar-refractivity contribution < 1.29 is 14.2 Å². The first-order chi connectivity index (χ1) is 8.29. The molecule has 0 aliphatic heterocycles. The Kier molecular flexibility index (Phi) is 1.94. The van der Waals surface area contributed by atoms with Crippen LogP contribution in [0.5, 0.6) is 0 Å². The molecule has 3 saturated carbocycles. The highest BCUT2D eigenvalue weighted by molar-refractivity contribution is 5.40. The van der Waals surface area contributed by atoms with E-state index in [0.29, 0.717) is 41.8 Å². The van der Waals surface area contributed by atoms with E-state index < -0.39 is 0 Å². The second kappa shape index (κ2) is 3.14. The molecule has 0 saturated heterocycles. The number of ether oxygens (including phenoxy) is 3. The Morgan fingerprint density at radius 3 is 2.24 bits per heavy atom. The van der Waals surface area contributed by atoms with Gasteiger partial charge in [-0.25, -0.2) is 0 Å². The van der Waals surface area contributed by atoms with E-state index >= 15 is 0 Å². The molecule has 0 amide bonds. The van der Waals surface area contributed by atoms with Gasteiger partial charge in [0, 0.05) is 45.5 Å². The number of hydrogen-bond donors (Lipinski definition) is 0. The van der Waals surface area contributed by atoms with Gasteiger partial charge in [-0.05, 0) is 11.8 Å². The maximum absolute atomic E-state index is 5.91. The van der Waals surface area contributed by atoms with Crippen molar-refractivity contribution in [3.63, 3.8) is 0 Å². The molecule has 0 aromatic heterocycles. The van der Waals surface area contributed by atoms with Crippen LogP contribution in [0.1, 0.15) is 6.42 Å². The van der Waals surface area contributed by atoms with Gasteiger partial charge in [-0.1, -0.05) is 12.2 Å². The summed E-state index contributed by atoms with van der Waals surface area (Å²) >= 11 is 0. The van der Waals surface area contributed by atoms with Gasteiger partial charge >= 0.3 is 0 Å². The molecule has 0 bridgehead atoms. The van der Waals surface area contributed by atoms with Crippen molar-refractivity contribution in [1.29, 1.82) is 0 Å². The molecule has 4 aliphatic carbocycles. The maximum Gasteiger partial charge on any atom is 0.0849 e. The summed E-state index contributed by atoms with van der Waals surface area (Å²) in [6.07, 6.45) is 6.50. The van der Waals surface area contributed by atoms with Gasteiger partial charge in [0.2, 0.25) is 0 Å². The molecule has 0 unspecified atom stereocenters. The number of methoxy groups -OCH3 is 3. The van der Waals surface area contributed by atoms with Crippen molar-refractivity contribution in [2.45, 2.75) is 24.2 Å². The highest BCUT2D eigenvalue weighted by atomic mass is 16.5. The second-order valence-electron chi connectivity index (χ2n) is 5.96. The molecule has 3 fully saturated rings. The van der Waals surface area contributed by atoms with Crippen molar-refractivity contribution in [3.05, 3.63) is 12.2 Å². The summed E-state index contributed by atoms with van der Waals surface area (Å²) < 4.78 is 17.3. The van der Waals surface area contributed by atoms with Crippen LogP contribution >= 0.6 is 0 Å². The predicted octanol–water partition coefficient (Wildman–Crippen LogP) is 1.48. The first-order valence-corrected chi connectivity index (χ1v) is 6.58. The Balaban J connectivity index is 1.74. The maximum atomic E-state index is 5.91. The highest BCUT2D eigenvalue weighted by Gasteiger charge is 2.82. The van der Waals surface area contributed by atoms with E-state index in [1.807, 2.05) is 21.3 Å². The molecule has 17 heavy (non-hydrogen) atoms. The molecule has 0 spiro atoms. The summed E-state index contributed by atoms with van der Waals surface area (Å²) in [6.45, 7) is 0. The Morgan fingerprint density at radius 1 is 0.941 bits per heavy atom. The fourth-order valence-corrected chi connectivity index (χ4v) is 5.41. The van der Waals surface area contributed by atoms with E-state index in [0.717, 1.165) is 6.42 Å². The summed E-state index contributed by atoms with van der Waals surface area (Å²) in [7, 11) is 5.54. The quantitative estimate of drug-likeness (QED) is 0.695. The lowest BCUT2D eigenvalue weighted by Gasteiger charge is -2.27. The van der Waals surface area contributed by atoms with Crippen LogP contribution in [-0.4, -0.2) is 39.1 Å². The Bertz CT molecular complexity index is 380. The van der Waals surface area contributed by atoms with Crippen LogP contribution in [0, 0.1) is 29.6 Å². The second-order valence-corrected chi connectivity index (χ2v) is 5.96. The van der Waals surface area contributed by atoms with Gasteiger partial charge in [-0.15, -0.1) is 0 Å². The average molecular weight is 236 g/mol. The van der Waals surface area contributed by atoms with Crippen LogP contribution < -0.4 is 0 Å². The lowest BCUT2D eigenvalue weighted by molar-refractivity contribution is -0.00308. The zero-order chi connectivity index (χ0) is 11.8. The number of hydrogen-bond acceptors (Lipinski definition) is 3. The fourth-order valence-electron chi connectivity index (χ4n) is 5.41. The van der Waals surface area contributed by atoms with Crippen LogP contribution in [0.15, 0.2) is 12.2 Å². The molecule has 3 nitrogen and oxygen atoms in total. The van der Waals surface area contributed by atoms with Crippen LogP contribution in [0.2, 0.25) is 0 Å². The Morgan fingerprint density at radius 2 is 1.59 bits per heavy atom. The first-order valence-electron chi connectivity index (χ1n) is 6.58. The lowest BCUT2D eigenvalue weighted by Crippen LogP contribution is -2.31. The molecule has 94 valence electrons. The molecular weight excluding hydrogens is 216 g/mol.